The van der Waals surface area contributed by atoms with Crippen LogP contribution in [-0.2, 0) is 16.1 Å². The average molecular weight is 649 g/mol. The molecule has 6 rings (SSSR count). The molecule has 6 nitrogen and oxygen atoms in total. The number of benzene rings is 4. The molecule has 8 heteroatoms. The maximum absolute atomic E-state index is 14.3. The van der Waals surface area contributed by atoms with Gasteiger partial charge in [-0.1, -0.05) is 122 Å². The maximum atomic E-state index is 14.3. The van der Waals surface area contributed by atoms with Crippen molar-refractivity contribution < 1.29 is 14.3 Å². The Kier molecular flexibility index (Phi) is 9.33. The molecule has 0 fully saturated rings. The molecule has 0 spiro atoms. The molecule has 5 aromatic rings. The van der Waals surface area contributed by atoms with Crippen molar-refractivity contribution >= 4 is 40.7 Å². The van der Waals surface area contributed by atoms with Gasteiger partial charge in [-0.2, -0.15) is 0 Å². The number of carbonyl (C=O) groups is 1. The molecule has 1 aliphatic rings. The van der Waals surface area contributed by atoms with Crippen LogP contribution in [0, 0.1) is 0 Å². The first-order valence-corrected chi connectivity index (χ1v) is 16.4. The van der Waals surface area contributed by atoms with Crippen LogP contribution in [0.15, 0.2) is 118 Å². The number of fused-ring (bicyclic) bond motifs is 1. The molecule has 0 aliphatic carbocycles. The molecule has 1 aromatic heterocycles. The van der Waals surface area contributed by atoms with Gasteiger partial charge in [-0.05, 0) is 53.8 Å². The molecule has 1 atom stereocenters. The van der Waals surface area contributed by atoms with Crippen molar-refractivity contribution in [3.8, 4) is 5.75 Å². The van der Waals surface area contributed by atoms with Crippen molar-refractivity contribution in [2.75, 3.05) is 6.61 Å². The first-order chi connectivity index (χ1) is 22.3. The summed E-state index contributed by atoms with van der Waals surface area (Å²) in [5.74, 6) is 0.470. The van der Waals surface area contributed by atoms with Crippen LogP contribution in [0.4, 0.5) is 0 Å². The van der Waals surface area contributed by atoms with Crippen molar-refractivity contribution in [3.63, 3.8) is 0 Å². The highest BCUT2D eigenvalue weighted by Gasteiger charge is 2.35. The van der Waals surface area contributed by atoms with Gasteiger partial charge in [-0.25, -0.2) is 9.79 Å². The number of thiazole rings is 1. The number of rotatable bonds is 9. The highest BCUT2D eigenvalue weighted by atomic mass is 35.5. The van der Waals surface area contributed by atoms with Crippen molar-refractivity contribution in [3.05, 3.63) is 161 Å². The van der Waals surface area contributed by atoms with E-state index in [0.717, 1.165) is 27.8 Å². The number of nitrogens with zero attached hydrogens (tertiary/aromatic N) is 2. The Balaban J connectivity index is 1.52. The number of aromatic nitrogens is 1. The van der Waals surface area contributed by atoms with E-state index >= 15 is 0 Å². The van der Waals surface area contributed by atoms with Crippen molar-refractivity contribution in [1.82, 2.24) is 4.57 Å². The van der Waals surface area contributed by atoms with Crippen LogP contribution < -0.4 is 19.6 Å². The smallest absolute Gasteiger partial charge is 0.338 e. The second-order valence-electron chi connectivity index (χ2n) is 11.2. The molecule has 0 radical (unpaired) electrons. The van der Waals surface area contributed by atoms with Gasteiger partial charge in [0, 0.05) is 16.1 Å². The van der Waals surface area contributed by atoms with Crippen LogP contribution in [0.2, 0.25) is 5.02 Å². The van der Waals surface area contributed by atoms with Crippen LogP contribution in [0.3, 0.4) is 0 Å². The Morgan fingerprint density at radius 3 is 2.35 bits per heavy atom. The zero-order valence-corrected chi connectivity index (χ0v) is 27.3. The summed E-state index contributed by atoms with van der Waals surface area (Å²) in [6.45, 7) is 6.58. The Morgan fingerprint density at radius 2 is 1.65 bits per heavy atom. The summed E-state index contributed by atoms with van der Waals surface area (Å²) in [5.41, 5.74) is 5.05. The molecule has 0 bridgehead atoms. The maximum Gasteiger partial charge on any atom is 0.338 e. The largest absolute Gasteiger partial charge is 0.488 e. The summed E-state index contributed by atoms with van der Waals surface area (Å²) < 4.78 is 13.9. The molecule has 0 N–H and O–H groups in total. The van der Waals surface area contributed by atoms with Gasteiger partial charge in [0.1, 0.15) is 12.4 Å². The predicted molar refractivity (Wildman–Crippen MR) is 184 cm³/mol. The van der Waals surface area contributed by atoms with E-state index in [2.05, 4.69) is 26.0 Å². The van der Waals surface area contributed by atoms with Crippen LogP contribution in [0.5, 0.6) is 5.75 Å². The van der Waals surface area contributed by atoms with E-state index < -0.39 is 12.0 Å². The highest BCUT2D eigenvalue weighted by molar-refractivity contribution is 7.07. The first-order valence-electron chi connectivity index (χ1n) is 15.2. The van der Waals surface area contributed by atoms with E-state index in [0.29, 0.717) is 43.9 Å². The molecule has 0 saturated carbocycles. The quantitative estimate of drug-likeness (QED) is 0.157. The number of halogens is 1. The van der Waals surface area contributed by atoms with Gasteiger partial charge in [0.15, 0.2) is 4.80 Å². The van der Waals surface area contributed by atoms with Crippen LogP contribution in [0.25, 0.3) is 11.8 Å². The zero-order chi connectivity index (χ0) is 32.2. The van der Waals surface area contributed by atoms with Crippen molar-refractivity contribution in [2.24, 2.45) is 4.99 Å². The van der Waals surface area contributed by atoms with Crippen LogP contribution in [-0.4, -0.2) is 17.1 Å². The van der Waals surface area contributed by atoms with Crippen molar-refractivity contribution in [1.29, 1.82) is 0 Å². The molecule has 0 unspecified atom stereocenters. The molecule has 46 heavy (non-hydrogen) atoms. The average Bonchev–Trinajstić information content (AvgIpc) is 3.38. The SMILES string of the molecule is CCOC(=O)C1=C(c2ccccc2)N=c2s/c(=C/c3ccccc3OCc3ccc(Cl)cc3)c(=O)n2[C@@H]1c1ccc(C(C)C)cc1. The fraction of sp³-hybridized carbons (Fsp3) is 0.184. The minimum absolute atomic E-state index is 0.195. The summed E-state index contributed by atoms with van der Waals surface area (Å²) in [7, 11) is 0. The van der Waals surface area contributed by atoms with Crippen molar-refractivity contribution in [2.45, 2.75) is 39.3 Å². The van der Waals surface area contributed by atoms with E-state index in [1.165, 1.54) is 11.3 Å². The Bertz CT molecular complexity index is 2080. The van der Waals surface area contributed by atoms with E-state index in [1.807, 2.05) is 97.1 Å². The van der Waals surface area contributed by atoms with E-state index in [-0.39, 0.29) is 12.2 Å². The van der Waals surface area contributed by atoms with Gasteiger partial charge in [0.2, 0.25) is 0 Å². The normalized spacial score (nSPS) is 14.6. The monoisotopic (exact) mass is 648 g/mol. The third-order valence-corrected chi connectivity index (χ3v) is 9.04. The van der Waals surface area contributed by atoms with Gasteiger partial charge in [-0.3, -0.25) is 9.36 Å². The van der Waals surface area contributed by atoms with Gasteiger partial charge in [-0.15, -0.1) is 0 Å². The van der Waals surface area contributed by atoms with Gasteiger partial charge >= 0.3 is 5.97 Å². The molecular formula is C38H33ClN2O4S. The number of hydrogen-bond donors (Lipinski definition) is 0. The number of ether oxygens (including phenoxy) is 2. The third kappa shape index (κ3) is 6.48. The summed E-state index contributed by atoms with van der Waals surface area (Å²) in [5, 5.41) is 0.662. The number of esters is 1. The van der Waals surface area contributed by atoms with Gasteiger partial charge in [0.25, 0.3) is 5.56 Å². The molecular weight excluding hydrogens is 616 g/mol. The van der Waals surface area contributed by atoms with Gasteiger partial charge < -0.3 is 9.47 Å². The fourth-order valence-corrected chi connectivity index (χ4v) is 6.55. The van der Waals surface area contributed by atoms with E-state index in [4.69, 9.17) is 26.1 Å². The standard InChI is InChI=1S/C38H33ClN2O4S/c1-4-44-37(43)33-34(27-10-6-5-7-11-27)40-38-41(35(33)28-18-16-26(17-19-28)24(2)3)36(42)32(46-38)22-29-12-8-9-13-31(29)45-23-25-14-20-30(39)21-15-25/h5-22,24,35H,4,23H2,1-3H3/b32-22+/t35-/m1/s1. The lowest BCUT2D eigenvalue weighted by molar-refractivity contribution is -0.138. The Labute approximate surface area is 276 Å². The Morgan fingerprint density at radius 1 is 0.957 bits per heavy atom. The molecule has 2 heterocycles. The third-order valence-electron chi connectivity index (χ3n) is 7.81. The number of hydrogen-bond acceptors (Lipinski definition) is 6. The summed E-state index contributed by atoms with van der Waals surface area (Å²) in [4.78, 5) is 33.5. The topological polar surface area (TPSA) is 69.9 Å². The number of carbonyl (C=O) groups excluding carboxylic acids is 1. The zero-order valence-electron chi connectivity index (χ0n) is 25.8. The summed E-state index contributed by atoms with van der Waals surface area (Å²) in [6, 6.07) is 32.0. The second kappa shape index (κ2) is 13.7. The summed E-state index contributed by atoms with van der Waals surface area (Å²) in [6.07, 6.45) is 1.83. The minimum atomic E-state index is -0.731. The minimum Gasteiger partial charge on any atom is -0.488 e. The first kappa shape index (κ1) is 31.3. The second-order valence-corrected chi connectivity index (χ2v) is 12.7. The fourth-order valence-electron chi connectivity index (χ4n) is 5.43. The van der Waals surface area contributed by atoms with Crippen LogP contribution in [0.1, 0.15) is 60.5 Å². The molecule has 4 aromatic carbocycles. The molecule has 0 amide bonds. The predicted octanol–water partition coefficient (Wildman–Crippen LogP) is 7.29. The lowest BCUT2D eigenvalue weighted by Crippen LogP contribution is -2.40. The van der Waals surface area contributed by atoms with E-state index in [1.54, 1.807) is 11.5 Å². The molecule has 232 valence electrons. The highest BCUT2D eigenvalue weighted by Crippen LogP contribution is 2.35. The van der Waals surface area contributed by atoms with E-state index in [9.17, 15) is 9.59 Å². The Hall–Kier alpha value is -4.72. The lowest BCUT2D eigenvalue weighted by atomic mass is 9.91. The number of para-hydroxylation sites is 1. The molecule has 0 saturated heterocycles. The van der Waals surface area contributed by atoms with Gasteiger partial charge in [0.05, 0.1) is 28.5 Å². The molecule has 1 aliphatic heterocycles. The van der Waals surface area contributed by atoms with Crippen LogP contribution >= 0.6 is 22.9 Å². The lowest BCUT2D eigenvalue weighted by Gasteiger charge is -2.26. The summed E-state index contributed by atoms with van der Waals surface area (Å²) >= 11 is 7.33.